The Kier molecular flexibility index (Phi) is 5.71. The van der Waals surface area contributed by atoms with Gasteiger partial charge in [0.05, 0.1) is 4.90 Å². The molecule has 1 amide bonds. The van der Waals surface area contributed by atoms with Crippen molar-refractivity contribution in [2.75, 3.05) is 6.54 Å². The summed E-state index contributed by atoms with van der Waals surface area (Å²) in [7, 11) is -3.57. The molecule has 178 valence electrons. The molecule has 5 aliphatic rings. The van der Waals surface area contributed by atoms with Crippen LogP contribution in [0.5, 0.6) is 0 Å². The number of ether oxygens (including phenoxy) is 1. The van der Waals surface area contributed by atoms with E-state index in [0.29, 0.717) is 17.8 Å². The van der Waals surface area contributed by atoms with Crippen LogP contribution in [0.1, 0.15) is 63.9 Å². The summed E-state index contributed by atoms with van der Waals surface area (Å²) in [5.41, 5.74) is 0.433. The van der Waals surface area contributed by atoms with Gasteiger partial charge in [-0.05, 0) is 81.8 Å². The number of esters is 1. The number of rotatable bonds is 7. The number of amides is 1. The monoisotopic (exact) mass is 473 g/mol. The molecule has 0 spiro atoms. The Labute approximate surface area is 194 Å². The molecule has 4 bridgehead atoms. The predicted octanol–water partition coefficient (Wildman–Crippen LogP) is 2.52. The van der Waals surface area contributed by atoms with Gasteiger partial charge in [-0.3, -0.25) is 19.3 Å². The fraction of sp³-hybridized carbons (Fsp3) is 0.625. The van der Waals surface area contributed by atoms with Crippen LogP contribution in [0.4, 0.5) is 0 Å². The molecule has 4 fully saturated rings. The standard InChI is InChI=1S/C24H31N3O5S/c1-15(23(29)26-24-12-16-9-17(13-24)11-18(10-16)14-24)32-21(28)7-4-8-25-22-19-5-2-3-6-20(19)33(30,31)27-22/h2-3,5-6,15-18H,4,7-14H2,1H3,(H,25,27)(H,26,29). The maximum absolute atomic E-state index is 12.8. The number of benzene rings is 1. The molecule has 8 nitrogen and oxygen atoms in total. The van der Waals surface area contributed by atoms with E-state index in [-0.39, 0.29) is 29.3 Å². The third-order valence-corrected chi connectivity index (χ3v) is 8.97. The van der Waals surface area contributed by atoms with Crippen LogP contribution in [-0.4, -0.2) is 44.3 Å². The second kappa shape index (κ2) is 8.42. The maximum Gasteiger partial charge on any atom is 0.306 e. The highest BCUT2D eigenvalue weighted by Crippen LogP contribution is 2.55. The van der Waals surface area contributed by atoms with Crippen molar-refractivity contribution >= 4 is 27.7 Å². The van der Waals surface area contributed by atoms with E-state index in [1.165, 1.54) is 25.3 Å². The van der Waals surface area contributed by atoms with Crippen LogP contribution in [0.25, 0.3) is 0 Å². The lowest BCUT2D eigenvalue weighted by atomic mass is 9.53. The number of fused-ring (bicyclic) bond motifs is 1. The number of hydrogen-bond donors (Lipinski definition) is 2. The Morgan fingerprint density at radius 2 is 1.79 bits per heavy atom. The highest BCUT2D eigenvalue weighted by molar-refractivity contribution is 7.90. The first-order valence-corrected chi connectivity index (χ1v) is 13.4. The zero-order chi connectivity index (χ0) is 23.2. The van der Waals surface area contributed by atoms with Gasteiger partial charge in [0.1, 0.15) is 5.84 Å². The molecule has 1 aromatic rings. The first-order chi connectivity index (χ1) is 15.7. The van der Waals surface area contributed by atoms with Crippen LogP contribution in [0.3, 0.4) is 0 Å². The summed E-state index contributed by atoms with van der Waals surface area (Å²) < 4.78 is 32.1. The fourth-order valence-electron chi connectivity index (χ4n) is 6.60. The molecule has 0 saturated heterocycles. The number of sulfonamides is 1. The first-order valence-electron chi connectivity index (χ1n) is 11.9. The SMILES string of the molecule is CC(OC(=O)CCCN=C1NS(=O)(=O)c2ccccc21)C(=O)NC12CC3CC(CC(C3)C1)C2. The molecular weight excluding hydrogens is 442 g/mol. The zero-order valence-electron chi connectivity index (χ0n) is 18.9. The lowest BCUT2D eigenvalue weighted by molar-refractivity contribution is -0.156. The van der Waals surface area contributed by atoms with Gasteiger partial charge in [0.15, 0.2) is 6.10 Å². The minimum Gasteiger partial charge on any atom is -0.453 e. The number of carbonyl (C=O) groups is 2. The van der Waals surface area contributed by atoms with Crippen LogP contribution >= 0.6 is 0 Å². The second-order valence-corrected chi connectivity index (χ2v) is 11.9. The number of hydrogen-bond acceptors (Lipinski definition) is 6. The molecule has 33 heavy (non-hydrogen) atoms. The topological polar surface area (TPSA) is 114 Å². The van der Waals surface area contributed by atoms with Crippen molar-refractivity contribution in [2.45, 2.75) is 74.8 Å². The highest BCUT2D eigenvalue weighted by Gasteiger charge is 2.51. The smallest absolute Gasteiger partial charge is 0.306 e. The van der Waals surface area contributed by atoms with Crippen LogP contribution in [0.15, 0.2) is 34.2 Å². The number of nitrogens with zero attached hydrogens (tertiary/aromatic N) is 1. The summed E-state index contributed by atoms with van der Waals surface area (Å²) in [5, 5.41) is 3.25. The molecule has 4 saturated carbocycles. The number of aliphatic imine (C=N–C) groups is 1. The molecule has 6 rings (SSSR count). The van der Waals surface area contributed by atoms with Crippen molar-refractivity contribution in [3.63, 3.8) is 0 Å². The van der Waals surface area contributed by atoms with E-state index in [9.17, 15) is 18.0 Å². The van der Waals surface area contributed by atoms with Gasteiger partial charge >= 0.3 is 5.97 Å². The van der Waals surface area contributed by atoms with E-state index >= 15 is 0 Å². The molecule has 4 aliphatic carbocycles. The average molecular weight is 474 g/mol. The first kappa shape index (κ1) is 22.4. The second-order valence-electron chi connectivity index (χ2n) is 10.3. The van der Waals surface area contributed by atoms with Crippen LogP contribution in [0, 0.1) is 17.8 Å². The molecule has 1 aromatic carbocycles. The van der Waals surface area contributed by atoms with Gasteiger partial charge < -0.3 is 10.1 Å². The molecule has 0 radical (unpaired) electrons. The molecule has 0 aromatic heterocycles. The lowest BCUT2D eigenvalue weighted by Gasteiger charge is -2.57. The molecule has 1 aliphatic heterocycles. The highest BCUT2D eigenvalue weighted by atomic mass is 32.2. The van der Waals surface area contributed by atoms with E-state index in [0.717, 1.165) is 37.0 Å². The molecule has 2 N–H and O–H groups in total. The third-order valence-electron chi connectivity index (χ3n) is 7.58. The summed E-state index contributed by atoms with van der Waals surface area (Å²) in [6, 6.07) is 6.65. The zero-order valence-corrected chi connectivity index (χ0v) is 19.7. The van der Waals surface area contributed by atoms with Gasteiger partial charge in [-0.1, -0.05) is 12.1 Å². The van der Waals surface area contributed by atoms with Gasteiger partial charge in [-0.25, -0.2) is 8.42 Å². The van der Waals surface area contributed by atoms with E-state index < -0.39 is 22.1 Å². The normalized spacial score (nSPS) is 32.8. The van der Waals surface area contributed by atoms with Crippen molar-refractivity contribution in [2.24, 2.45) is 22.7 Å². The Morgan fingerprint density at radius 1 is 1.15 bits per heavy atom. The number of amidine groups is 1. The number of carbonyl (C=O) groups excluding carboxylic acids is 2. The predicted molar refractivity (Wildman–Crippen MR) is 122 cm³/mol. The summed E-state index contributed by atoms with van der Waals surface area (Å²) >= 11 is 0. The Balaban J connectivity index is 1.09. The fourth-order valence-corrected chi connectivity index (χ4v) is 7.85. The van der Waals surface area contributed by atoms with Crippen LogP contribution in [-0.2, 0) is 24.3 Å². The van der Waals surface area contributed by atoms with Crippen molar-refractivity contribution in [1.29, 1.82) is 0 Å². The van der Waals surface area contributed by atoms with Crippen LogP contribution in [0.2, 0.25) is 0 Å². The van der Waals surface area contributed by atoms with E-state index in [2.05, 4.69) is 15.0 Å². The summed E-state index contributed by atoms with van der Waals surface area (Å²) in [5.74, 6) is 1.83. The number of nitrogens with one attached hydrogen (secondary N) is 2. The largest absolute Gasteiger partial charge is 0.453 e. The lowest BCUT2D eigenvalue weighted by Crippen LogP contribution is -2.61. The Hall–Kier alpha value is -2.42. The maximum atomic E-state index is 12.8. The minimum absolute atomic E-state index is 0.104. The van der Waals surface area contributed by atoms with Crippen LogP contribution < -0.4 is 10.0 Å². The average Bonchev–Trinajstić information content (AvgIpc) is 3.00. The third kappa shape index (κ3) is 4.52. The molecule has 9 heteroatoms. The van der Waals surface area contributed by atoms with Gasteiger partial charge in [0.25, 0.3) is 15.9 Å². The minimum atomic E-state index is -3.57. The quantitative estimate of drug-likeness (QED) is 0.467. The Bertz CT molecular complexity index is 1060. The van der Waals surface area contributed by atoms with Crippen molar-refractivity contribution in [3.8, 4) is 0 Å². The van der Waals surface area contributed by atoms with Crippen molar-refractivity contribution in [3.05, 3.63) is 29.8 Å². The van der Waals surface area contributed by atoms with Crippen molar-refractivity contribution < 1.29 is 22.7 Å². The van der Waals surface area contributed by atoms with Gasteiger partial charge in [-0.2, -0.15) is 0 Å². The van der Waals surface area contributed by atoms with Gasteiger partial charge in [-0.15, -0.1) is 0 Å². The summed E-state index contributed by atoms with van der Waals surface area (Å²) in [4.78, 5) is 29.5. The summed E-state index contributed by atoms with van der Waals surface area (Å²) in [6.07, 6.45) is 6.75. The summed E-state index contributed by atoms with van der Waals surface area (Å²) in [6.45, 7) is 1.90. The molecule has 1 atom stereocenters. The van der Waals surface area contributed by atoms with E-state index in [4.69, 9.17) is 4.74 Å². The molecular formula is C24H31N3O5S. The van der Waals surface area contributed by atoms with E-state index in [1.807, 2.05) is 0 Å². The van der Waals surface area contributed by atoms with Gasteiger partial charge in [0.2, 0.25) is 0 Å². The molecule has 1 unspecified atom stereocenters. The Morgan fingerprint density at radius 3 is 2.45 bits per heavy atom. The van der Waals surface area contributed by atoms with Gasteiger partial charge in [0, 0.05) is 24.1 Å². The van der Waals surface area contributed by atoms with E-state index in [1.54, 1.807) is 25.1 Å². The molecule has 1 heterocycles. The van der Waals surface area contributed by atoms with Crippen molar-refractivity contribution in [1.82, 2.24) is 10.0 Å².